The molecule has 0 saturated carbocycles. The molecule has 24 heavy (non-hydrogen) atoms. The van der Waals surface area contributed by atoms with Gasteiger partial charge in [0.15, 0.2) is 0 Å². The molecule has 2 heterocycles. The summed E-state index contributed by atoms with van der Waals surface area (Å²) >= 11 is 1.56. The summed E-state index contributed by atoms with van der Waals surface area (Å²) in [5.74, 6) is -0.237. The number of carbonyl (C=O) groups excluding carboxylic acids is 1. The third-order valence-electron chi connectivity index (χ3n) is 3.47. The second-order valence-corrected chi connectivity index (χ2v) is 6.30. The highest BCUT2D eigenvalue weighted by Gasteiger charge is 2.11. The Kier molecular flexibility index (Phi) is 4.81. The first-order valence-electron chi connectivity index (χ1n) is 7.42. The Morgan fingerprint density at radius 3 is 2.79 bits per heavy atom. The molecule has 3 aromatic rings. The molecular formula is C17H16N4O2S. The van der Waals surface area contributed by atoms with Gasteiger partial charge in [0.2, 0.25) is 5.91 Å². The van der Waals surface area contributed by atoms with Gasteiger partial charge in [-0.3, -0.25) is 14.2 Å². The van der Waals surface area contributed by atoms with E-state index < -0.39 is 0 Å². The molecule has 2 aromatic heterocycles. The number of amides is 1. The molecule has 0 atom stereocenters. The fourth-order valence-corrected chi connectivity index (χ4v) is 3.19. The number of hydrogen-bond acceptors (Lipinski definition) is 5. The van der Waals surface area contributed by atoms with Crippen LogP contribution in [0, 0.1) is 6.92 Å². The minimum Gasteiger partial charge on any atom is -0.350 e. The van der Waals surface area contributed by atoms with Crippen LogP contribution in [0.2, 0.25) is 0 Å². The van der Waals surface area contributed by atoms with Crippen molar-refractivity contribution in [1.82, 2.24) is 19.9 Å². The molecule has 7 heteroatoms. The van der Waals surface area contributed by atoms with Gasteiger partial charge in [0, 0.05) is 22.7 Å². The maximum absolute atomic E-state index is 12.0. The molecule has 0 aliphatic heterocycles. The molecular weight excluding hydrogens is 324 g/mol. The first-order chi connectivity index (χ1) is 11.6. The highest BCUT2D eigenvalue weighted by molar-refractivity contribution is 7.15. The lowest BCUT2D eigenvalue weighted by Gasteiger charge is -2.05. The van der Waals surface area contributed by atoms with Gasteiger partial charge in [0.1, 0.15) is 11.6 Å². The van der Waals surface area contributed by atoms with Crippen molar-refractivity contribution in [3.63, 3.8) is 0 Å². The number of hydrogen-bond donors (Lipinski definition) is 1. The van der Waals surface area contributed by atoms with E-state index in [9.17, 15) is 9.59 Å². The summed E-state index contributed by atoms with van der Waals surface area (Å²) in [5, 5.41) is 3.76. The van der Waals surface area contributed by atoms with E-state index in [1.54, 1.807) is 11.3 Å². The molecule has 1 N–H and O–H groups in total. The van der Waals surface area contributed by atoms with Crippen molar-refractivity contribution in [2.75, 3.05) is 0 Å². The van der Waals surface area contributed by atoms with Crippen LogP contribution in [0.4, 0.5) is 0 Å². The Bertz CT molecular complexity index is 902. The Morgan fingerprint density at radius 1 is 1.25 bits per heavy atom. The van der Waals surface area contributed by atoms with Crippen LogP contribution < -0.4 is 10.9 Å². The van der Waals surface area contributed by atoms with E-state index in [4.69, 9.17) is 0 Å². The van der Waals surface area contributed by atoms with E-state index >= 15 is 0 Å². The normalized spacial score (nSPS) is 10.5. The number of nitrogens with one attached hydrogen (secondary N) is 1. The van der Waals surface area contributed by atoms with Gasteiger partial charge in [-0.25, -0.2) is 9.97 Å². The summed E-state index contributed by atoms with van der Waals surface area (Å²) in [7, 11) is 0. The number of rotatable bonds is 5. The van der Waals surface area contributed by atoms with Gasteiger partial charge >= 0.3 is 0 Å². The molecule has 1 amide bonds. The zero-order chi connectivity index (χ0) is 16.9. The molecule has 0 unspecified atom stereocenters. The van der Waals surface area contributed by atoms with Gasteiger partial charge in [0.25, 0.3) is 5.56 Å². The molecule has 122 valence electrons. The first kappa shape index (κ1) is 16.1. The first-order valence-corrected chi connectivity index (χ1v) is 8.24. The monoisotopic (exact) mass is 340 g/mol. The van der Waals surface area contributed by atoms with Crippen molar-refractivity contribution in [3.8, 4) is 10.6 Å². The third kappa shape index (κ3) is 3.75. The number of benzene rings is 1. The minimum atomic E-state index is -0.250. The second kappa shape index (κ2) is 7.18. The van der Waals surface area contributed by atoms with Gasteiger partial charge in [-0.15, -0.1) is 11.3 Å². The molecule has 0 aliphatic rings. The van der Waals surface area contributed by atoms with Gasteiger partial charge in [0.05, 0.1) is 18.6 Å². The van der Waals surface area contributed by atoms with Crippen LogP contribution in [0.25, 0.3) is 10.6 Å². The largest absolute Gasteiger partial charge is 0.350 e. The molecule has 3 rings (SSSR count). The van der Waals surface area contributed by atoms with Crippen molar-refractivity contribution < 1.29 is 4.79 Å². The Labute approximate surface area is 142 Å². The van der Waals surface area contributed by atoms with E-state index in [-0.39, 0.29) is 18.0 Å². The summed E-state index contributed by atoms with van der Waals surface area (Å²) in [6, 6.07) is 11.3. The Balaban J connectivity index is 1.65. The van der Waals surface area contributed by atoms with Gasteiger partial charge in [-0.1, -0.05) is 30.3 Å². The van der Waals surface area contributed by atoms with Crippen molar-refractivity contribution in [1.29, 1.82) is 0 Å². The van der Waals surface area contributed by atoms with Crippen LogP contribution in [0.3, 0.4) is 0 Å². The molecule has 0 aliphatic carbocycles. The predicted octanol–water partition coefficient (Wildman–Crippen LogP) is 1.99. The van der Waals surface area contributed by atoms with Crippen LogP contribution in [-0.2, 0) is 17.9 Å². The fraction of sp³-hybridized carbons (Fsp3) is 0.176. The second-order valence-electron chi connectivity index (χ2n) is 5.22. The zero-order valence-corrected chi connectivity index (χ0v) is 13.9. The summed E-state index contributed by atoms with van der Waals surface area (Å²) in [6.07, 6.45) is 2.76. The molecule has 0 bridgehead atoms. The third-order valence-corrected chi connectivity index (χ3v) is 4.67. The van der Waals surface area contributed by atoms with Crippen LogP contribution in [0.15, 0.2) is 53.7 Å². The SMILES string of the molecule is Cc1nc(-c2ccccc2)sc1CNC(=O)Cn1cnccc1=O. The maximum Gasteiger partial charge on any atom is 0.253 e. The molecule has 0 spiro atoms. The van der Waals surface area contributed by atoms with Crippen LogP contribution in [0.1, 0.15) is 10.6 Å². The Morgan fingerprint density at radius 2 is 2.04 bits per heavy atom. The lowest BCUT2D eigenvalue weighted by molar-refractivity contribution is -0.121. The van der Waals surface area contributed by atoms with Crippen LogP contribution in [0.5, 0.6) is 0 Å². The number of aryl methyl sites for hydroxylation is 1. The topological polar surface area (TPSA) is 76.9 Å². The fourth-order valence-electron chi connectivity index (χ4n) is 2.18. The maximum atomic E-state index is 12.0. The average Bonchev–Trinajstić information content (AvgIpc) is 2.97. The molecule has 0 radical (unpaired) electrons. The van der Waals surface area contributed by atoms with E-state index in [0.29, 0.717) is 6.54 Å². The molecule has 0 fully saturated rings. The molecule has 0 saturated heterocycles. The van der Waals surface area contributed by atoms with Crippen molar-refractivity contribution in [2.24, 2.45) is 0 Å². The van der Waals surface area contributed by atoms with Crippen molar-refractivity contribution >= 4 is 17.2 Å². The summed E-state index contributed by atoms with van der Waals surface area (Å²) in [5.41, 5.74) is 1.71. The standard InChI is InChI=1S/C17H16N4O2S/c1-12-14(24-17(20-12)13-5-3-2-4-6-13)9-19-15(22)10-21-11-18-8-7-16(21)23/h2-8,11H,9-10H2,1H3,(H,19,22). The van der Waals surface area contributed by atoms with Gasteiger partial charge in [-0.2, -0.15) is 0 Å². The predicted molar refractivity (Wildman–Crippen MR) is 92.6 cm³/mol. The van der Waals surface area contributed by atoms with Crippen molar-refractivity contribution in [3.05, 3.63) is 69.8 Å². The average molecular weight is 340 g/mol. The van der Waals surface area contributed by atoms with Crippen LogP contribution >= 0.6 is 11.3 Å². The van der Waals surface area contributed by atoms with E-state index in [2.05, 4.69) is 15.3 Å². The number of nitrogens with zero attached hydrogens (tertiary/aromatic N) is 3. The highest BCUT2D eigenvalue weighted by Crippen LogP contribution is 2.27. The van der Waals surface area contributed by atoms with Crippen LogP contribution in [-0.4, -0.2) is 20.4 Å². The summed E-state index contributed by atoms with van der Waals surface area (Å²) in [6.45, 7) is 2.27. The Hall–Kier alpha value is -2.80. The minimum absolute atomic E-state index is 0.0456. The molecule has 1 aromatic carbocycles. The van der Waals surface area contributed by atoms with E-state index in [1.165, 1.54) is 23.2 Å². The van der Waals surface area contributed by atoms with Crippen molar-refractivity contribution in [2.45, 2.75) is 20.0 Å². The smallest absolute Gasteiger partial charge is 0.253 e. The summed E-state index contributed by atoms with van der Waals surface area (Å²) < 4.78 is 1.27. The van der Waals surface area contributed by atoms with E-state index in [0.717, 1.165) is 21.1 Å². The van der Waals surface area contributed by atoms with Gasteiger partial charge in [-0.05, 0) is 6.92 Å². The number of carbonyl (C=O) groups is 1. The zero-order valence-electron chi connectivity index (χ0n) is 13.1. The van der Waals surface area contributed by atoms with Gasteiger partial charge < -0.3 is 5.32 Å². The number of thiazole rings is 1. The summed E-state index contributed by atoms with van der Waals surface area (Å²) in [4.78, 5) is 33.0. The quantitative estimate of drug-likeness (QED) is 0.770. The highest BCUT2D eigenvalue weighted by atomic mass is 32.1. The lowest BCUT2D eigenvalue weighted by atomic mass is 10.2. The lowest BCUT2D eigenvalue weighted by Crippen LogP contribution is -2.31. The molecule has 6 nitrogen and oxygen atoms in total. The van der Waals surface area contributed by atoms with E-state index in [1.807, 2.05) is 37.3 Å². The number of aromatic nitrogens is 3.